The van der Waals surface area contributed by atoms with Gasteiger partial charge in [-0.05, 0) is 62.1 Å². The molecule has 0 aromatic heterocycles. The number of halogens is 1. The van der Waals surface area contributed by atoms with Gasteiger partial charge in [0, 0.05) is 31.7 Å². The predicted molar refractivity (Wildman–Crippen MR) is 122 cm³/mol. The number of carbonyl (C=O) groups excluding carboxylic acids is 1. The molecule has 32 heavy (non-hydrogen) atoms. The Labute approximate surface area is 193 Å². The molecule has 2 aromatic carbocycles. The smallest absolute Gasteiger partial charge is 0.255 e. The van der Waals surface area contributed by atoms with Crippen molar-refractivity contribution in [3.63, 3.8) is 0 Å². The molecule has 2 saturated heterocycles. The standard InChI is InChI=1S/C21H24ClN3O5S2/c22-19-9-8-18(32(29,30)25-12-3-4-13-25)15-20(19)23-21(26)16-6-5-7-17(14-16)31(27,28)24-10-1-2-11-24/h5-9,14-15H,1-4,10-13H2,(H,23,26). The Balaban J connectivity index is 1.58. The van der Waals surface area contributed by atoms with E-state index in [1.54, 1.807) is 0 Å². The van der Waals surface area contributed by atoms with Crippen molar-refractivity contribution in [3.8, 4) is 0 Å². The van der Waals surface area contributed by atoms with E-state index in [0.29, 0.717) is 26.2 Å². The zero-order valence-electron chi connectivity index (χ0n) is 17.3. The Morgan fingerprint density at radius 1 is 0.781 bits per heavy atom. The van der Waals surface area contributed by atoms with Crippen LogP contribution in [0.25, 0.3) is 0 Å². The zero-order valence-corrected chi connectivity index (χ0v) is 19.7. The first-order valence-corrected chi connectivity index (χ1v) is 13.7. The number of anilines is 1. The second kappa shape index (κ2) is 9.11. The van der Waals surface area contributed by atoms with Crippen LogP contribution in [-0.4, -0.2) is 57.5 Å². The summed E-state index contributed by atoms with van der Waals surface area (Å²) in [4.78, 5) is 12.9. The van der Waals surface area contributed by atoms with Crippen molar-refractivity contribution < 1.29 is 21.6 Å². The van der Waals surface area contributed by atoms with Crippen molar-refractivity contribution in [2.24, 2.45) is 0 Å². The molecule has 0 atom stereocenters. The summed E-state index contributed by atoms with van der Waals surface area (Å²) in [6.45, 7) is 1.86. The predicted octanol–water partition coefficient (Wildman–Crippen LogP) is 3.16. The van der Waals surface area contributed by atoms with Crippen LogP contribution < -0.4 is 5.32 Å². The molecule has 2 aliphatic heterocycles. The molecule has 172 valence electrons. The van der Waals surface area contributed by atoms with Crippen molar-refractivity contribution in [2.45, 2.75) is 35.5 Å². The minimum atomic E-state index is -3.68. The van der Waals surface area contributed by atoms with Crippen LogP contribution in [0.5, 0.6) is 0 Å². The largest absolute Gasteiger partial charge is 0.321 e. The monoisotopic (exact) mass is 497 g/mol. The molecule has 0 radical (unpaired) electrons. The first kappa shape index (κ1) is 23.2. The van der Waals surface area contributed by atoms with E-state index >= 15 is 0 Å². The van der Waals surface area contributed by atoms with Crippen molar-refractivity contribution in [2.75, 3.05) is 31.5 Å². The molecule has 0 unspecified atom stereocenters. The first-order chi connectivity index (χ1) is 15.2. The van der Waals surface area contributed by atoms with Crippen LogP contribution in [-0.2, 0) is 20.0 Å². The van der Waals surface area contributed by atoms with E-state index in [2.05, 4.69) is 5.32 Å². The fraction of sp³-hybridized carbons (Fsp3) is 0.381. The summed E-state index contributed by atoms with van der Waals surface area (Å²) >= 11 is 6.20. The van der Waals surface area contributed by atoms with Gasteiger partial charge in [0.05, 0.1) is 20.5 Å². The lowest BCUT2D eigenvalue weighted by Gasteiger charge is -2.17. The van der Waals surface area contributed by atoms with Gasteiger partial charge in [-0.1, -0.05) is 17.7 Å². The number of sulfonamides is 2. The normalized spacial score (nSPS) is 18.2. The van der Waals surface area contributed by atoms with Gasteiger partial charge >= 0.3 is 0 Å². The van der Waals surface area contributed by atoms with Gasteiger partial charge in [-0.3, -0.25) is 4.79 Å². The summed E-state index contributed by atoms with van der Waals surface area (Å²) in [6, 6.07) is 9.95. The zero-order chi connectivity index (χ0) is 22.9. The summed E-state index contributed by atoms with van der Waals surface area (Å²) in [5.41, 5.74) is 0.277. The van der Waals surface area contributed by atoms with Crippen molar-refractivity contribution in [1.29, 1.82) is 0 Å². The van der Waals surface area contributed by atoms with Gasteiger partial charge in [-0.15, -0.1) is 0 Å². The van der Waals surface area contributed by atoms with E-state index in [0.717, 1.165) is 25.7 Å². The van der Waals surface area contributed by atoms with Gasteiger partial charge in [0.15, 0.2) is 0 Å². The highest BCUT2D eigenvalue weighted by Crippen LogP contribution is 2.29. The lowest BCUT2D eigenvalue weighted by Crippen LogP contribution is -2.28. The lowest BCUT2D eigenvalue weighted by atomic mass is 10.2. The summed E-state index contributed by atoms with van der Waals surface area (Å²) < 4.78 is 54.1. The van der Waals surface area contributed by atoms with Gasteiger partial charge in [0.2, 0.25) is 20.0 Å². The number of amides is 1. The van der Waals surface area contributed by atoms with Crippen molar-refractivity contribution in [3.05, 3.63) is 53.1 Å². The quantitative estimate of drug-likeness (QED) is 0.660. The molecular formula is C21H24ClN3O5S2. The third-order valence-corrected chi connectivity index (χ3v) is 9.81. The molecule has 2 heterocycles. The minimum Gasteiger partial charge on any atom is -0.321 e. The molecule has 1 amide bonds. The Morgan fingerprint density at radius 3 is 1.88 bits per heavy atom. The Kier molecular flexibility index (Phi) is 6.60. The molecule has 4 rings (SSSR count). The van der Waals surface area contributed by atoms with E-state index in [-0.39, 0.29) is 26.1 Å². The molecule has 1 N–H and O–H groups in total. The van der Waals surface area contributed by atoms with E-state index in [9.17, 15) is 21.6 Å². The Bertz CT molecular complexity index is 1240. The summed E-state index contributed by atoms with van der Waals surface area (Å²) in [7, 11) is -7.34. The van der Waals surface area contributed by atoms with E-state index in [4.69, 9.17) is 11.6 Å². The number of nitrogens with one attached hydrogen (secondary N) is 1. The number of hydrogen-bond donors (Lipinski definition) is 1. The fourth-order valence-electron chi connectivity index (χ4n) is 3.91. The highest BCUT2D eigenvalue weighted by molar-refractivity contribution is 7.89. The van der Waals surface area contributed by atoms with Crippen LogP contribution in [0.3, 0.4) is 0 Å². The van der Waals surface area contributed by atoms with Crippen LogP contribution in [0.4, 0.5) is 5.69 Å². The summed E-state index contributed by atoms with van der Waals surface area (Å²) in [5, 5.41) is 2.80. The van der Waals surface area contributed by atoms with Crippen LogP contribution >= 0.6 is 11.6 Å². The topological polar surface area (TPSA) is 104 Å². The maximum atomic E-state index is 12.8. The second-order valence-corrected chi connectivity index (χ2v) is 12.1. The SMILES string of the molecule is O=C(Nc1cc(S(=O)(=O)N2CCCC2)ccc1Cl)c1cccc(S(=O)(=O)N2CCCC2)c1. The number of carbonyl (C=O) groups is 1. The van der Waals surface area contributed by atoms with Crippen LogP contribution in [0.2, 0.25) is 5.02 Å². The van der Waals surface area contributed by atoms with Gasteiger partial charge in [-0.25, -0.2) is 16.8 Å². The van der Waals surface area contributed by atoms with Crippen LogP contribution in [0, 0.1) is 0 Å². The maximum absolute atomic E-state index is 12.8. The maximum Gasteiger partial charge on any atom is 0.255 e. The third kappa shape index (κ3) is 4.55. The average Bonchev–Trinajstić information content (AvgIpc) is 3.50. The molecular weight excluding hydrogens is 474 g/mol. The van der Waals surface area contributed by atoms with E-state index in [1.165, 1.54) is 51.1 Å². The summed E-state index contributed by atoms with van der Waals surface area (Å²) in [5.74, 6) is -0.582. The average molecular weight is 498 g/mol. The Hall–Kier alpha value is -1.98. The van der Waals surface area contributed by atoms with Gasteiger partial charge in [-0.2, -0.15) is 8.61 Å². The van der Waals surface area contributed by atoms with Gasteiger partial charge in [0.1, 0.15) is 0 Å². The molecule has 11 heteroatoms. The lowest BCUT2D eigenvalue weighted by molar-refractivity contribution is 0.102. The minimum absolute atomic E-state index is 0.0449. The number of hydrogen-bond acceptors (Lipinski definition) is 5. The van der Waals surface area contributed by atoms with Gasteiger partial charge < -0.3 is 5.32 Å². The van der Waals surface area contributed by atoms with Crippen LogP contribution in [0.15, 0.2) is 52.3 Å². The van der Waals surface area contributed by atoms with Crippen molar-refractivity contribution >= 4 is 43.2 Å². The molecule has 0 bridgehead atoms. The van der Waals surface area contributed by atoms with E-state index < -0.39 is 26.0 Å². The second-order valence-electron chi connectivity index (χ2n) is 7.85. The van der Waals surface area contributed by atoms with E-state index in [1.807, 2.05) is 0 Å². The third-order valence-electron chi connectivity index (χ3n) is 5.69. The first-order valence-electron chi connectivity index (χ1n) is 10.4. The molecule has 0 spiro atoms. The molecule has 2 fully saturated rings. The fourth-order valence-corrected chi connectivity index (χ4v) is 7.18. The number of nitrogens with zero attached hydrogens (tertiary/aromatic N) is 2. The number of rotatable bonds is 6. The number of benzene rings is 2. The van der Waals surface area contributed by atoms with Gasteiger partial charge in [0.25, 0.3) is 5.91 Å². The molecule has 0 saturated carbocycles. The summed E-state index contributed by atoms with van der Waals surface area (Å²) in [6.07, 6.45) is 3.25. The highest BCUT2D eigenvalue weighted by atomic mass is 35.5. The molecule has 2 aliphatic rings. The Morgan fingerprint density at radius 2 is 1.31 bits per heavy atom. The molecule has 2 aromatic rings. The highest BCUT2D eigenvalue weighted by Gasteiger charge is 2.29. The molecule has 0 aliphatic carbocycles. The van der Waals surface area contributed by atoms with Crippen LogP contribution in [0.1, 0.15) is 36.0 Å². The van der Waals surface area contributed by atoms with Crippen molar-refractivity contribution in [1.82, 2.24) is 8.61 Å². The molecule has 8 nitrogen and oxygen atoms in total.